The SMILES string of the molecule is CCC=CCC=CCC=CCC=CCC=CCC=CCCC(=O)NCCNC(=O)/C=C/C(=O)OC. The first-order chi connectivity index (χ1) is 17.1. The van der Waals surface area contributed by atoms with Crippen molar-refractivity contribution in [1.29, 1.82) is 0 Å². The lowest BCUT2D eigenvalue weighted by Gasteiger charge is -2.04. The van der Waals surface area contributed by atoms with Gasteiger partial charge in [-0.1, -0.05) is 79.8 Å². The highest BCUT2D eigenvalue weighted by Crippen LogP contribution is 1.97. The number of nitrogens with one attached hydrogen (secondary N) is 2. The topological polar surface area (TPSA) is 84.5 Å². The van der Waals surface area contributed by atoms with Crippen LogP contribution in [0, 0.1) is 0 Å². The van der Waals surface area contributed by atoms with Crippen molar-refractivity contribution in [2.24, 2.45) is 0 Å². The first-order valence-corrected chi connectivity index (χ1v) is 12.3. The third kappa shape index (κ3) is 25.1. The number of ether oxygens (including phenoxy) is 1. The highest BCUT2D eigenvalue weighted by Gasteiger charge is 2.00. The second kappa shape index (κ2) is 25.2. The molecule has 0 aromatic heterocycles. The maximum atomic E-state index is 11.8. The smallest absolute Gasteiger partial charge is 0.330 e. The maximum absolute atomic E-state index is 11.8. The Kier molecular flexibility index (Phi) is 22.8. The molecule has 0 rings (SSSR count). The van der Waals surface area contributed by atoms with Gasteiger partial charge in [0.15, 0.2) is 0 Å². The Balaban J connectivity index is 3.66. The third-order valence-corrected chi connectivity index (χ3v) is 4.45. The number of hydrogen-bond acceptors (Lipinski definition) is 4. The molecule has 0 atom stereocenters. The van der Waals surface area contributed by atoms with E-state index >= 15 is 0 Å². The van der Waals surface area contributed by atoms with Crippen molar-refractivity contribution in [1.82, 2.24) is 10.6 Å². The minimum Gasteiger partial charge on any atom is -0.466 e. The average Bonchev–Trinajstić information content (AvgIpc) is 2.86. The fraction of sp³-hybridized carbons (Fsp3) is 0.414. The number of amides is 2. The molecule has 6 heteroatoms. The number of carbonyl (C=O) groups is 3. The van der Waals surface area contributed by atoms with Crippen LogP contribution >= 0.6 is 0 Å². The quantitative estimate of drug-likeness (QED) is 0.111. The number of carbonyl (C=O) groups excluding carboxylic acids is 3. The lowest BCUT2D eigenvalue weighted by atomic mass is 10.2. The van der Waals surface area contributed by atoms with Crippen molar-refractivity contribution in [2.75, 3.05) is 20.2 Å². The number of allylic oxidation sites excluding steroid dienone is 12. The summed E-state index contributed by atoms with van der Waals surface area (Å²) in [5, 5.41) is 5.30. The molecule has 0 spiro atoms. The summed E-state index contributed by atoms with van der Waals surface area (Å²) in [5.74, 6) is -1.07. The lowest BCUT2D eigenvalue weighted by molar-refractivity contribution is -0.135. The van der Waals surface area contributed by atoms with Crippen LogP contribution in [0.5, 0.6) is 0 Å². The molecule has 0 aliphatic carbocycles. The fourth-order valence-corrected chi connectivity index (χ4v) is 2.60. The van der Waals surface area contributed by atoms with E-state index in [-0.39, 0.29) is 12.5 Å². The Morgan fingerprint density at radius 3 is 1.57 bits per heavy atom. The molecule has 2 N–H and O–H groups in total. The molecule has 0 aliphatic rings. The Bertz CT molecular complexity index is 787. The zero-order chi connectivity index (χ0) is 25.8. The van der Waals surface area contributed by atoms with Crippen molar-refractivity contribution in [2.45, 2.75) is 58.3 Å². The minimum absolute atomic E-state index is 0.0659. The largest absolute Gasteiger partial charge is 0.466 e. The zero-order valence-electron chi connectivity index (χ0n) is 21.3. The molecule has 0 saturated carbocycles. The summed E-state index contributed by atoms with van der Waals surface area (Å²) in [6, 6.07) is 0. The molecule has 35 heavy (non-hydrogen) atoms. The van der Waals surface area contributed by atoms with Gasteiger partial charge in [-0.15, -0.1) is 0 Å². The highest BCUT2D eigenvalue weighted by atomic mass is 16.5. The van der Waals surface area contributed by atoms with Gasteiger partial charge in [0.05, 0.1) is 7.11 Å². The van der Waals surface area contributed by atoms with E-state index < -0.39 is 11.9 Å². The summed E-state index contributed by atoms with van der Waals surface area (Å²) in [4.78, 5) is 34.1. The van der Waals surface area contributed by atoms with E-state index in [1.807, 2.05) is 6.08 Å². The van der Waals surface area contributed by atoms with Gasteiger partial charge in [-0.3, -0.25) is 9.59 Å². The molecule has 0 unspecified atom stereocenters. The van der Waals surface area contributed by atoms with Gasteiger partial charge in [0.2, 0.25) is 11.8 Å². The van der Waals surface area contributed by atoms with Crippen LogP contribution in [0.1, 0.15) is 58.3 Å². The summed E-state index contributed by atoms with van der Waals surface area (Å²) in [6.45, 7) is 2.76. The second-order valence-electron chi connectivity index (χ2n) is 7.45. The standard InChI is InChI=1S/C29H42N2O4/c1-3-4-5-6-7-8-9-10-11-12-13-14-15-16-17-18-19-20-21-22-27(32)30-25-26-31-28(33)23-24-29(34)35-2/h4-5,7-8,10-11,13-14,16-17,19-20,23-24H,3,6,9,12,15,18,21-22,25-26H2,1-2H3,(H,30,32)(H,31,33)/b5-4?,8-7?,11-10?,14-13?,17-16?,20-19?,24-23+. The molecular weight excluding hydrogens is 440 g/mol. The molecule has 2 amide bonds. The molecule has 0 fully saturated rings. The zero-order valence-corrected chi connectivity index (χ0v) is 21.3. The van der Waals surface area contributed by atoms with Gasteiger partial charge in [0, 0.05) is 31.7 Å². The van der Waals surface area contributed by atoms with Gasteiger partial charge >= 0.3 is 5.97 Å². The van der Waals surface area contributed by atoms with Gasteiger partial charge in [-0.25, -0.2) is 4.79 Å². The van der Waals surface area contributed by atoms with Crippen LogP contribution in [0.4, 0.5) is 0 Å². The lowest BCUT2D eigenvalue weighted by Crippen LogP contribution is -2.33. The molecule has 0 aromatic rings. The molecule has 0 aromatic carbocycles. The number of hydrogen-bond donors (Lipinski definition) is 2. The summed E-state index contributed by atoms with van der Waals surface area (Å²) in [5.41, 5.74) is 0. The first kappa shape index (κ1) is 31.6. The Labute approximate surface area is 211 Å². The molecule has 0 radical (unpaired) electrons. The van der Waals surface area contributed by atoms with Crippen LogP contribution in [-0.2, 0) is 19.1 Å². The van der Waals surface area contributed by atoms with E-state index in [0.29, 0.717) is 19.4 Å². The van der Waals surface area contributed by atoms with Gasteiger partial charge < -0.3 is 15.4 Å². The van der Waals surface area contributed by atoms with Gasteiger partial charge in [0.25, 0.3) is 0 Å². The Morgan fingerprint density at radius 2 is 1.09 bits per heavy atom. The van der Waals surface area contributed by atoms with E-state index in [1.165, 1.54) is 7.11 Å². The summed E-state index contributed by atoms with van der Waals surface area (Å²) < 4.78 is 4.39. The van der Waals surface area contributed by atoms with Crippen LogP contribution in [0.3, 0.4) is 0 Å². The maximum Gasteiger partial charge on any atom is 0.330 e. The van der Waals surface area contributed by atoms with Crippen molar-refractivity contribution >= 4 is 17.8 Å². The minimum atomic E-state index is -0.595. The van der Waals surface area contributed by atoms with Gasteiger partial charge in [-0.2, -0.15) is 0 Å². The summed E-state index contributed by atoms with van der Waals surface area (Å²) in [7, 11) is 1.24. The van der Waals surface area contributed by atoms with Crippen molar-refractivity contribution in [3.63, 3.8) is 0 Å². The van der Waals surface area contributed by atoms with Crippen LogP contribution in [0.2, 0.25) is 0 Å². The molecule has 0 heterocycles. The van der Waals surface area contributed by atoms with Crippen molar-refractivity contribution < 1.29 is 19.1 Å². The van der Waals surface area contributed by atoms with Crippen LogP contribution < -0.4 is 10.6 Å². The average molecular weight is 483 g/mol. The number of methoxy groups -OCH3 is 1. The number of rotatable bonds is 19. The summed E-state index contributed by atoms with van der Waals surface area (Å²) in [6.07, 6.45) is 34.8. The molecular formula is C29H42N2O4. The van der Waals surface area contributed by atoms with Crippen LogP contribution in [-0.4, -0.2) is 38.0 Å². The monoisotopic (exact) mass is 482 g/mol. The molecule has 0 aliphatic heterocycles. The summed E-state index contributed by atoms with van der Waals surface area (Å²) >= 11 is 0. The molecule has 192 valence electrons. The van der Waals surface area contributed by atoms with Crippen molar-refractivity contribution in [3.05, 3.63) is 85.1 Å². The molecule has 0 bridgehead atoms. The predicted molar refractivity (Wildman–Crippen MR) is 145 cm³/mol. The van der Waals surface area contributed by atoms with Gasteiger partial charge in [-0.05, 0) is 44.9 Å². The van der Waals surface area contributed by atoms with Gasteiger partial charge in [0.1, 0.15) is 0 Å². The van der Waals surface area contributed by atoms with E-state index in [0.717, 1.165) is 50.7 Å². The fourth-order valence-electron chi connectivity index (χ4n) is 2.60. The van der Waals surface area contributed by atoms with Crippen LogP contribution in [0.25, 0.3) is 0 Å². The third-order valence-electron chi connectivity index (χ3n) is 4.45. The van der Waals surface area contributed by atoms with E-state index in [1.54, 1.807) is 0 Å². The Hall–Kier alpha value is -3.41. The van der Waals surface area contributed by atoms with E-state index in [2.05, 4.69) is 89.1 Å². The van der Waals surface area contributed by atoms with Crippen LogP contribution in [0.15, 0.2) is 85.1 Å². The van der Waals surface area contributed by atoms with E-state index in [4.69, 9.17) is 0 Å². The van der Waals surface area contributed by atoms with Crippen molar-refractivity contribution in [3.8, 4) is 0 Å². The van der Waals surface area contributed by atoms with E-state index in [9.17, 15) is 14.4 Å². The second-order valence-corrected chi connectivity index (χ2v) is 7.45. The normalized spacial score (nSPS) is 12.4. The highest BCUT2D eigenvalue weighted by molar-refractivity contribution is 5.94. The Morgan fingerprint density at radius 1 is 0.629 bits per heavy atom. The molecule has 6 nitrogen and oxygen atoms in total. The molecule has 0 saturated heterocycles. The predicted octanol–water partition coefficient (Wildman–Crippen LogP) is 5.43. The number of esters is 1. The first-order valence-electron chi connectivity index (χ1n) is 12.3.